The van der Waals surface area contributed by atoms with Crippen LogP contribution in [0.25, 0.3) is 0 Å². The fourth-order valence-corrected chi connectivity index (χ4v) is 1.37. The van der Waals surface area contributed by atoms with Crippen LogP contribution in [0.5, 0.6) is 0 Å². The van der Waals surface area contributed by atoms with Crippen molar-refractivity contribution in [3.8, 4) is 0 Å². The van der Waals surface area contributed by atoms with Crippen molar-refractivity contribution in [2.45, 2.75) is 19.5 Å². The van der Waals surface area contributed by atoms with Crippen molar-refractivity contribution < 1.29 is 4.52 Å². The number of nitrogens with one attached hydrogen (secondary N) is 1. The van der Waals surface area contributed by atoms with Crippen molar-refractivity contribution in [3.05, 3.63) is 36.0 Å². The molecule has 0 bridgehead atoms. The summed E-state index contributed by atoms with van der Waals surface area (Å²) in [6, 6.07) is 2.11. The van der Waals surface area contributed by atoms with Crippen LogP contribution in [0.2, 0.25) is 0 Å². The molecule has 0 saturated heterocycles. The van der Waals surface area contributed by atoms with Crippen molar-refractivity contribution in [2.75, 3.05) is 0 Å². The first kappa shape index (κ1) is 9.92. The van der Waals surface area contributed by atoms with Crippen molar-refractivity contribution in [1.29, 1.82) is 0 Å². The normalized spacial score (nSPS) is 12.9. The van der Waals surface area contributed by atoms with Gasteiger partial charge in [-0.25, -0.2) is 0 Å². The minimum Gasteiger partial charge on any atom is -0.364 e. The van der Waals surface area contributed by atoms with Gasteiger partial charge in [0, 0.05) is 37.5 Å². The molecule has 1 unspecified atom stereocenters. The molecule has 80 valence electrons. The molecule has 1 atom stereocenters. The van der Waals surface area contributed by atoms with Crippen LogP contribution in [0.3, 0.4) is 0 Å². The zero-order valence-corrected chi connectivity index (χ0v) is 8.84. The summed E-state index contributed by atoms with van der Waals surface area (Å²) in [5.74, 6) is 0. The van der Waals surface area contributed by atoms with Crippen LogP contribution in [0.4, 0.5) is 0 Å². The lowest BCUT2D eigenvalue weighted by Crippen LogP contribution is -2.17. The van der Waals surface area contributed by atoms with E-state index in [1.54, 1.807) is 10.9 Å². The van der Waals surface area contributed by atoms with Crippen molar-refractivity contribution >= 4 is 0 Å². The topological polar surface area (TPSA) is 55.9 Å². The molecule has 0 fully saturated rings. The molecule has 15 heavy (non-hydrogen) atoms. The van der Waals surface area contributed by atoms with E-state index in [-0.39, 0.29) is 6.04 Å². The Morgan fingerprint density at radius 3 is 3.07 bits per heavy atom. The van der Waals surface area contributed by atoms with Crippen LogP contribution in [0, 0.1) is 0 Å². The maximum absolute atomic E-state index is 4.75. The Kier molecular flexibility index (Phi) is 2.82. The Bertz CT molecular complexity index is 407. The summed E-state index contributed by atoms with van der Waals surface area (Å²) in [4.78, 5) is 0. The van der Waals surface area contributed by atoms with Gasteiger partial charge in [0.05, 0.1) is 11.9 Å². The van der Waals surface area contributed by atoms with Gasteiger partial charge >= 0.3 is 0 Å². The second-order valence-corrected chi connectivity index (χ2v) is 3.54. The van der Waals surface area contributed by atoms with Crippen LogP contribution in [0.1, 0.15) is 24.2 Å². The van der Waals surface area contributed by atoms with E-state index in [9.17, 15) is 0 Å². The molecule has 2 heterocycles. The fraction of sp³-hybridized carbons (Fsp3) is 0.400. The van der Waals surface area contributed by atoms with Gasteiger partial charge < -0.3 is 9.84 Å². The number of rotatable bonds is 4. The summed E-state index contributed by atoms with van der Waals surface area (Å²) in [5.41, 5.74) is 2.08. The molecule has 0 radical (unpaired) electrons. The van der Waals surface area contributed by atoms with Gasteiger partial charge in [0.15, 0.2) is 0 Å². The molecule has 2 rings (SSSR count). The van der Waals surface area contributed by atoms with Crippen LogP contribution < -0.4 is 5.32 Å². The molecule has 0 amide bonds. The van der Waals surface area contributed by atoms with Crippen molar-refractivity contribution in [1.82, 2.24) is 20.3 Å². The smallest absolute Gasteiger partial charge is 0.124 e. The molecule has 0 saturated carbocycles. The van der Waals surface area contributed by atoms with E-state index in [0.717, 1.165) is 5.69 Å². The number of hydrogen-bond donors (Lipinski definition) is 1. The van der Waals surface area contributed by atoms with Crippen LogP contribution >= 0.6 is 0 Å². The standard InChI is InChI=1S/C10H14N4O/c1-8(9-5-12-14(2)7-9)11-6-10-3-4-15-13-10/h3-5,7-8,11H,6H2,1-2H3. The van der Waals surface area contributed by atoms with Crippen LogP contribution in [0.15, 0.2) is 29.2 Å². The van der Waals surface area contributed by atoms with Gasteiger partial charge in [-0.05, 0) is 6.92 Å². The van der Waals surface area contributed by atoms with E-state index in [0.29, 0.717) is 6.54 Å². The summed E-state index contributed by atoms with van der Waals surface area (Å²) in [7, 11) is 1.91. The Balaban J connectivity index is 1.90. The molecular formula is C10H14N4O. The lowest BCUT2D eigenvalue weighted by atomic mass is 10.2. The molecule has 2 aromatic heterocycles. The van der Waals surface area contributed by atoms with E-state index < -0.39 is 0 Å². The highest BCUT2D eigenvalue weighted by Gasteiger charge is 2.07. The van der Waals surface area contributed by atoms with E-state index in [1.807, 2.05) is 25.5 Å². The quantitative estimate of drug-likeness (QED) is 0.818. The van der Waals surface area contributed by atoms with Gasteiger partial charge in [-0.15, -0.1) is 0 Å². The summed E-state index contributed by atoms with van der Waals surface area (Å²) >= 11 is 0. The molecule has 5 heteroatoms. The highest BCUT2D eigenvalue weighted by atomic mass is 16.5. The largest absolute Gasteiger partial charge is 0.364 e. The first-order valence-electron chi connectivity index (χ1n) is 4.87. The maximum Gasteiger partial charge on any atom is 0.124 e. The lowest BCUT2D eigenvalue weighted by molar-refractivity contribution is 0.406. The first-order valence-corrected chi connectivity index (χ1v) is 4.87. The average Bonchev–Trinajstić information content (AvgIpc) is 2.84. The van der Waals surface area contributed by atoms with Crippen molar-refractivity contribution in [2.24, 2.45) is 7.05 Å². The molecule has 0 spiro atoms. The molecule has 0 aliphatic heterocycles. The third kappa shape index (κ3) is 2.44. The molecule has 0 aliphatic carbocycles. The third-order valence-corrected chi connectivity index (χ3v) is 2.31. The number of aromatic nitrogens is 3. The summed E-state index contributed by atoms with van der Waals surface area (Å²) < 4.78 is 6.55. The van der Waals surface area contributed by atoms with Gasteiger partial charge in [-0.3, -0.25) is 4.68 Å². The highest BCUT2D eigenvalue weighted by Crippen LogP contribution is 2.10. The molecule has 2 aromatic rings. The van der Waals surface area contributed by atoms with E-state index in [2.05, 4.69) is 22.5 Å². The van der Waals surface area contributed by atoms with E-state index in [1.165, 1.54) is 5.56 Å². The number of aryl methyl sites for hydroxylation is 1. The van der Waals surface area contributed by atoms with E-state index in [4.69, 9.17) is 4.52 Å². The fourth-order valence-electron chi connectivity index (χ4n) is 1.37. The summed E-state index contributed by atoms with van der Waals surface area (Å²) in [6.07, 6.45) is 5.44. The minimum atomic E-state index is 0.260. The predicted octanol–water partition coefficient (Wildman–Crippen LogP) is 1.26. The molecular weight excluding hydrogens is 192 g/mol. The Morgan fingerprint density at radius 1 is 1.60 bits per heavy atom. The second kappa shape index (κ2) is 4.27. The summed E-state index contributed by atoms with van der Waals surface area (Å²) in [5, 5.41) is 11.3. The number of nitrogens with zero attached hydrogens (tertiary/aromatic N) is 3. The minimum absolute atomic E-state index is 0.260. The Hall–Kier alpha value is -1.62. The van der Waals surface area contributed by atoms with Gasteiger partial charge in [-0.2, -0.15) is 5.10 Å². The maximum atomic E-state index is 4.75. The average molecular weight is 206 g/mol. The number of hydrogen-bond acceptors (Lipinski definition) is 4. The summed E-state index contributed by atoms with van der Waals surface area (Å²) in [6.45, 7) is 2.80. The Labute approximate surface area is 88.1 Å². The first-order chi connectivity index (χ1) is 7.25. The molecule has 5 nitrogen and oxygen atoms in total. The van der Waals surface area contributed by atoms with Crippen molar-refractivity contribution in [3.63, 3.8) is 0 Å². The highest BCUT2D eigenvalue weighted by molar-refractivity contribution is 5.09. The van der Waals surface area contributed by atoms with Gasteiger partial charge in [0.1, 0.15) is 6.26 Å². The third-order valence-electron chi connectivity index (χ3n) is 2.31. The molecule has 0 aliphatic rings. The zero-order valence-electron chi connectivity index (χ0n) is 8.84. The second-order valence-electron chi connectivity index (χ2n) is 3.54. The molecule has 1 N–H and O–H groups in total. The van der Waals surface area contributed by atoms with Crippen LogP contribution in [-0.4, -0.2) is 14.9 Å². The zero-order chi connectivity index (χ0) is 10.7. The SMILES string of the molecule is CC(NCc1ccon1)c1cnn(C)c1. The Morgan fingerprint density at radius 2 is 2.47 bits per heavy atom. The van der Waals surface area contributed by atoms with Gasteiger partial charge in [0.2, 0.25) is 0 Å². The monoisotopic (exact) mass is 206 g/mol. The van der Waals surface area contributed by atoms with Gasteiger partial charge in [0.25, 0.3) is 0 Å². The van der Waals surface area contributed by atoms with Gasteiger partial charge in [-0.1, -0.05) is 5.16 Å². The lowest BCUT2D eigenvalue weighted by Gasteiger charge is -2.09. The van der Waals surface area contributed by atoms with E-state index >= 15 is 0 Å². The molecule has 0 aromatic carbocycles. The predicted molar refractivity (Wildman–Crippen MR) is 55.0 cm³/mol. The van der Waals surface area contributed by atoms with Crippen LogP contribution in [-0.2, 0) is 13.6 Å².